The fourth-order valence-corrected chi connectivity index (χ4v) is 5.27. The molecule has 1 aromatic carbocycles. The van der Waals surface area contributed by atoms with E-state index in [1.54, 1.807) is 11.3 Å². The van der Waals surface area contributed by atoms with Crippen LogP contribution >= 0.6 is 23.1 Å². The third-order valence-electron chi connectivity index (χ3n) is 4.59. The number of alkyl halides is 3. The number of aromatic amines is 1. The van der Waals surface area contributed by atoms with Gasteiger partial charge in [0.1, 0.15) is 10.7 Å². The number of aromatic nitrogens is 2. The Kier molecular flexibility index (Phi) is 5.39. The van der Waals surface area contributed by atoms with Gasteiger partial charge in [0.05, 0.1) is 22.5 Å². The summed E-state index contributed by atoms with van der Waals surface area (Å²) < 4.78 is 37.7. The van der Waals surface area contributed by atoms with Crippen LogP contribution < -0.4 is 10.9 Å². The van der Waals surface area contributed by atoms with Crippen molar-refractivity contribution in [2.45, 2.75) is 31.2 Å². The van der Waals surface area contributed by atoms with Crippen LogP contribution in [-0.2, 0) is 29.6 Å². The first kappa shape index (κ1) is 20.0. The highest BCUT2D eigenvalue weighted by molar-refractivity contribution is 7.99. The maximum Gasteiger partial charge on any atom is 0.416 e. The summed E-state index contributed by atoms with van der Waals surface area (Å²) in [6.45, 7) is 0. The normalized spacial score (nSPS) is 13.6. The number of rotatable bonds is 5. The van der Waals surface area contributed by atoms with Crippen molar-refractivity contribution in [2.24, 2.45) is 0 Å². The molecule has 1 amide bonds. The number of aryl methyl sites for hydroxylation is 2. The average molecular weight is 439 g/mol. The topological polar surface area (TPSA) is 74.8 Å². The predicted octanol–water partition coefficient (Wildman–Crippen LogP) is 4.36. The Balaban J connectivity index is 1.34. The van der Waals surface area contributed by atoms with Gasteiger partial charge in [-0.25, -0.2) is 4.98 Å². The van der Waals surface area contributed by atoms with Gasteiger partial charge in [0, 0.05) is 10.6 Å². The van der Waals surface area contributed by atoms with Crippen LogP contribution in [0.5, 0.6) is 0 Å². The highest BCUT2D eigenvalue weighted by Gasteiger charge is 2.30. The van der Waals surface area contributed by atoms with E-state index in [2.05, 4.69) is 15.3 Å². The minimum atomic E-state index is -4.41. The Morgan fingerprint density at radius 1 is 1.24 bits per heavy atom. The van der Waals surface area contributed by atoms with E-state index in [0.29, 0.717) is 22.7 Å². The number of hydrogen-bond acceptors (Lipinski definition) is 5. The Morgan fingerprint density at radius 2 is 2.00 bits per heavy atom. The maximum atomic E-state index is 12.6. The van der Waals surface area contributed by atoms with Gasteiger partial charge in [-0.2, -0.15) is 13.2 Å². The molecule has 1 aliphatic carbocycles. The molecule has 0 fully saturated rings. The van der Waals surface area contributed by atoms with Crippen LogP contribution in [0.3, 0.4) is 0 Å². The number of hydrogen-bond donors (Lipinski definition) is 2. The second-order valence-electron chi connectivity index (χ2n) is 6.67. The Bertz CT molecular complexity index is 1120. The number of thioether (sulfide) groups is 1. The largest absolute Gasteiger partial charge is 0.416 e. The molecule has 29 heavy (non-hydrogen) atoms. The minimum absolute atomic E-state index is 0.0870. The van der Waals surface area contributed by atoms with Crippen LogP contribution in [0.4, 0.5) is 18.9 Å². The van der Waals surface area contributed by atoms with Crippen molar-refractivity contribution in [1.82, 2.24) is 9.97 Å². The van der Waals surface area contributed by atoms with Crippen LogP contribution in [0.15, 0.2) is 29.1 Å². The van der Waals surface area contributed by atoms with Gasteiger partial charge >= 0.3 is 6.18 Å². The number of H-pyrrole nitrogens is 1. The van der Waals surface area contributed by atoms with Crippen molar-refractivity contribution >= 4 is 44.9 Å². The zero-order valence-corrected chi connectivity index (χ0v) is 16.7. The maximum absolute atomic E-state index is 12.6. The lowest BCUT2D eigenvalue weighted by Crippen LogP contribution is -2.15. The molecule has 0 unspecified atom stereocenters. The van der Waals surface area contributed by atoms with Gasteiger partial charge in [-0.15, -0.1) is 23.1 Å². The van der Waals surface area contributed by atoms with E-state index in [1.165, 1.54) is 28.8 Å². The number of fused-ring (bicyclic) bond motifs is 3. The Labute approximate surface area is 171 Å². The van der Waals surface area contributed by atoms with E-state index >= 15 is 0 Å². The number of benzene rings is 1. The van der Waals surface area contributed by atoms with Gasteiger partial charge in [-0.3, -0.25) is 9.59 Å². The third kappa shape index (κ3) is 4.32. The number of thiophene rings is 1. The van der Waals surface area contributed by atoms with Crippen molar-refractivity contribution in [1.29, 1.82) is 0 Å². The molecule has 0 bridgehead atoms. The second kappa shape index (κ2) is 7.83. The number of nitrogens with one attached hydrogen (secondary N) is 2. The SMILES string of the molecule is O=C(CSCc1nc2sc3c(c2c(=O)[nH]1)CCC3)Nc1ccc(C(F)(F)F)cc1. The van der Waals surface area contributed by atoms with Gasteiger partial charge < -0.3 is 10.3 Å². The van der Waals surface area contributed by atoms with E-state index in [-0.39, 0.29) is 17.2 Å². The van der Waals surface area contributed by atoms with Gasteiger partial charge in [-0.1, -0.05) is 0 Å². The lowest BCUT2D eigenvalue weighted by Gasteiger charge is -2.08. The molecule has 0 saturated heterocycles. The second-order valence-corrected chi connectivity index (χ2v) is 8.74. The first-order chi connectivity index (χ1) is 13.8. The van der Waals surface area contributed by atoms with Crippen molar-refractivity contribution < 1.29 is 18.0 Å². The molecular weight excluding hydrogens is 423 g/mol. The Morgan fingerprint density at radius 3 is 2.72 bits per heavy atom. The van der Waals surface area contributed by atoms with Crippen LogP contribution in [-0.4, -0.2) is 21.6 Å². The molecule has 4 rings (SSSR count). The molecular formula is C19H16F3N3O2S2. The quantitative estimate of drug-likeness (QED) is 0.619. The summed E-state index contributed by atoms with van der Waals surface area (Å²) in [6.07, 6.45) is -1.43. The van der Waals surface area contributed by atoms with Crippen LogP contribution in [0, 0.1) is 0 Å². The molecule has 0 atom stereocenters. The lowest BCUT2D eigenvalue weighted by atomic mass is 10.2. The van der Waals surface area contributed by atoms with Crippen molar-refractivity contribution in [3.8, 4) is 0 Å². The average Bonchev–Trinajstić information content (AvgIpc) is 3.22. The number of carbonyl (C=O) groups excluding carboxylic acids is 1. The minimum Gasteiger partial charge on any atom is -0.325 e. The molecule has 152 valence electrons. The summed E-state index contributed by atoms with van der Waals surface area (Å²) in [6, 6.07) is 4.28. The lowest BCUT2D eigenvalue weighted by molar-refractivity contribution is -0.137. The highest BCUT2D eigenvalue weighted by atomic mass is 32.2. The number of anilines is 1. The molecule has 0 radical (unpaired) electrons. The number of halogens is 3. The molecule has 2 heterocycles. The standard InChI is InChI=1S/C19H16F3N3O2S2/c20-19(21,22)10-4-6-11(7-5-10)23-15(26)9-28-8-14-24-17(27)16-12-2-1-3-13(12)29-18(16)25-14/h4-7H,1-3,8-9H2,(H,23,26)(H,24,25,27). The molecule has 0 aliphatic heterocycles. The first-order valence-corrected chi connectivity index (χ1v) is 10.9. The van der Waals surface area contributed by atoms with Gasteiger partial charge in [0.15, 0.2) is 0 Å². The highest BCUT2D eigenvalue weighted by Crippen LogP contribution is 2.34. The van der Waals surface area contributed by atoms with E-state index in [9.17, 15) is 22.8 Å². The van der Waals surface area contributed by atoms with Crippen molar-refractivity contribution in [2.75, 3.05) is 11.1 Å². The summed E-state index contributed by atoms with van der Waals surface area (Å²) in [5.74, 6) is 0.612. The molecule has 10 heteroatoms. The zero-order chi connectivity index (χ0) is 20.6. The molecule has 1 aliphatic rings. The zero-order valence-electron chi connectivity index (χ0n) is 15.1. The van der Waals surface area contributed by atoms with Crippen molar-refractivity contribution in [3.05, 3.63) is 56.4 Å². The van der Waals surface area contributed by atoms with E-state index < -0.39 is 11.7 Å². The smallest absolute Gasteiger partial charge is 0.325 e. The van der Waals surface area contributed by atoms with Crippen LogP contribution in [0.1, 0.15) is 28.2 Å². The van der Waals surface area contributed by atoms with Gasteiger partial charge in [0.2, 0.25) is 5.91 Å². The molecule has 2 N–H and O–H groups in total. The summed E-state index contributed by atoms with van der Waals surface area (Å²) in [5.41, 5.74) is 0.507. The van der Waals surface area contributed by atoms with E-state index in [1.807, 2.05) is 0 Å². The molecule has 3 aromatic rings. The molecule has 2 aromatic heterocycles. The summed E-state index contributed by atoms with van der Waals surface area (Å²) >= 11 is 2.83. The van der Waals surface area contributed by atoms with Crippen LogP contribution in [0.2, 0.25) is 0 Å². The fourth-order valence-electron chi connectivity index (χ4n) is 3.30. The van der Waals surface area contributed by atoms with Crippen LogP contribution in [0.25, 0.3) is 10.2 Å². The third-order valence-corrected chi connectivity index (χ3v) is 6.72. The number of carbonyl (C=O) groups is 1. The Hall–Kier alpha value is -2.33. The molecule has 0 spiro atoms. The van der Waals surface area contributed by atoms with E-state index in [0.717, 1.165) is 41.8 Å². The summed E-state index contributed by atoms with van der Waals surface area (Å²) in [4.78, 5) is 33.7. The monoisotopic (exact) mass is 439 g/mol. The fraction of sp³-hybridized carbons (Fsp3) is 0.316. The van der Waals surface area contributed by atoms with E-state index in [4.69, 9.17) is 0 Å². The molecule has 0 saturated carbocycles. The van der Waals surface area contributed by atoms with Gasteiger partial charge in [-0.05, 0) is 49.1 Å². The predicted molar refractivity (Wildman–Crippen MR) is 109 cm³/mol. The summed E-state index contributed by atoms with van der Waals surface area (Å²) in [7, 11) is 0. The number of nitrogens with zero attached hydrogens (tertiary/aromatic N) is 1. The summed E-state index contributed by atoms with van der Waals surface area (Å²) in [5, 5.41) is 3.25. The first-order valence-electron chi connectivity index (χ1n) is 8.89. The van der Waals surface area contributed by atoms with Crippen molar-refractivity contribution in [3.63, 3.8) is 0 Å². The number of amides is 1. The molecule has 5 nitrogen and oxygen atoms in total. The van der Waals surface area contributed by atoms with Gasteiger partial charge in [0.25, 0.3) is 5.56 Å².